The van der Waals surface area contributed by atoms with Gasteiger partial charge in [0.15, 0.2) is 0 Å². The van der Waals surface area contributed by atoms with Gasteiger partial charge in [-0.25, -0.2) is 0 Å². The lowest BCUT2D eigenvalue weighted by atomic mass is 9.95. The van der Waals surface area contributed by atoms with Gasteiger partial charge in [-0.3, -0.25) is 14.6 Å². The standard InChI is InChI=1S/C18H16ClN3O2S/c1-10(23)22-7-6-12-14(9-22)25-18-16(12)17(20-8-15(24)21-18)11-4-2-3-5-13(11)19/h2-5H,6-9H2,1H3,(H,21,24). The Balaban J connectivity index is 1.87. The number of benzene rings is 1. The Bertz CT molecular complexity index is 919. The number of carbonyl (C=O) groups excluding carboxylic acids is 2. The number of nitrogens with one attached hydrogen (secondary N) is 1. The Labute approximate surface area is 154 Å². The van der Waals surface area contributed by atoms with E-state index in [4.69, 9.17) is 11.6 Å². The summed E-state index contributed by atoms with van der Waals surface area (Å²) >= 11 is 7.92. The predicted molar refractivity (Wildman–Crippen MR) is 99.7 cm³/mol. The number of anilines is 1. The van der Waals surface area contributed by atoms with E-state index in [0.717, 1.165) is 33.1 Å². The van der Waals surface area contributed by atoms with Gasteiger partial charge < -0.3 is 10.2 Å². The summed E-state index contributed by atoms with van der Waals surface area (Å²) in [7, 11) is 0. The lowest BCUT2D eigenvalue weighted by molar-refractivity contribution is -0.129. The largest absolute Gasteiger partial charge is 0.337 e. The molecular formula is C18H16ClN3O2S. The maximum Gasteiger partial charge on any atom is 0.246 e. The molecule has 2 aliphatic heterocycles. The number of fused-ring (bicyclic) bond motifs is 3. The van der Waals surface area contributed by atoms with Gasteiger partial charge in [0.1, 0.15) is 11.5 Å². The van der Waals surface area contributed by atoms with Crippen LogP contribution in [0.1, 0.15) is 28.5 Å². The molecule has 0 atom stereocenters. The third-order valence-corrected chi connectivity index (χ3v) is 5.96. The van der Waals surface area contributed by atoms with E-state index in [9.17, 15) is 9.59 Å². The molecule has 7 heteroatoms. The molecule has 0 saturated carbocycles. The van der Waals surface area contributed by atoms with Gasteiger partial charge >= 0.3 is 0 Å². The van der Waals surface area contributed by atoms with Crippen molar-refractivity contribution in [1.82, 2.24) is 4.90 Å². The number of rotatable bonds is 1. The molecule has 1 aromatic heterocycles. The van der Waals surface area contributed by atoms with E-state index in [1.807, 2.05) is 29.2 Å². The minimum Gasteiger partial charge on any atom is -0.337 e. The second kappa shape index (κ2) is 6.28. The number of thiophene rings is 1. The topological polar surface area (TPSA) is 61.8 Å². The van der Waals surface area contributed by atoms with Crippen molar-refractivity contribution in [2.45, 2.75) is 19.9 Å². The molecule has 2 aliphatic rings. The quantitative estimate of drug-likeness (QED) is 0.834. The molecule has 0 radical (unpaired) electrons. The molecule has 0 unspecified atom stereocenters. The van der Waals surface area contributed by atoms with Gasteiger partial charge in [0, 0.05) is 34.5 Å². The Kier molecular flexibility index (Phi) is 4.09. The summed E-state index contributed by atoms with van der Waals surface area (Å²) in [6.07, 6.45) is 0.750. The molecule has 0 saturated heterocycles. The molecule has 0 bridgehead atoms. The summed E-state index contributed by atoms with van der Waals surface area (Å²) in [5.41, 5.74) is 3.71. The molecule has 25 heavy (non-hydrogen) atoms. The fourth-order valence-electron chi connectivity index (χ4n) is 3.28. The zero-order valence-electron chi connectivity index (χ0n) is 13.6. The van der Waals surface area contributed by atoms with Crippen LogP contribution in [0.5, 0.6) is 0 Å². The van der Waals surface area contributed by atoms with Crippen molar-refractivity contribution >= 4 is 45.5 Å². The molecule has 0 spiro atoms. The first-order valence-corrected chi connectivity index (χ1v) is 9.23. The van der Waals surface area contributed by atoms with E-state index in [-0.39, 0.29) is 18.4 Å². The number of aliphatic imine (C=N–C) groups is 1. The number of carbonyl (C=O) groups is 2. The fraction of sp³-hybridized carbons (Fsp3) is 0.278. The Morgan fingerprint density at radius 2 is 2.16 bits per heavy atom. The second-order valence-electron chi connectivity index (χ2n) is 6.09. The van der Waals surface area contributed by atoms with Crippen LogP contribution in [0.4, 0.5) is 5.00 Å². The summed E-state index contributed by atoms with van der Waals surface area (Å²) < 4.78 is 0. The number of amides is 2. The smallest absolute Gasteiger partial charge is 0.246 e. The van der Waals surface area contributed by atoms with Gasteiger partial charge in [0.2, 0.25) is 11.8 Å². The first-order valence-electron chi connectivity index (χ1n) is 8.04. The fourth-order valence-corrected chi connectivity index (χ4v) is 4.79. The van der Waals surface area contributed by atoms with E-state index in [2.05, 4.69) is 10.3 Å². The highest BCUT2D eigenvalue weighted by atomic mass is 35.5. The lowest BCUT2D eigenvalue weighted by Gasteiger charge is -2.26. The lowest BCUT2D eigenvalue weighted by Crippen LogP contribution is -2.33. The Morgan fingerprint density at radius 3 is 2.92 bits per heavy atom. The van der Waals surface area contributed by atoms with Gasteiger partial charge in [-0.05, 0) is 18.1 Å². The predicted octanol–water partition coefficient (Wildman–Crippen LogP) is 3.10. The molecule has 2 aromatic rings. The van der Waals surface area contributed by atoms with Crippen molar-refractivity contribution in [3.8, 4) is 0 Å². The highest BCUT2D eigenvalue weighted by Crippen LogP contribution is 2.40. The van der Waals surface area contributed by atoms with Crippen LogP contribution in [0.15, 0.2) is 29.3 Å². The molecule has 0 aliphatic carbocycles. The molecule has 2 amide bonds. The van der Waals surface area contributed by atoms with Gasteiger partial charge in [0.05, 0.1) is 12.3 Å². The zero-order valence-corrected chi connectivity index (χ0v) is 15.2. The van der Waals surface area contributed by atoms with Crippen LogP contribution in [0, 0.1) is 0 Å². The number of hydrogen-bond acceptors (Lipinski definition) is 4. The van der Waals surface area contributed by atoms with Crippen LogP contribution >= 0.6 is 22.9 Å². The van der Waals surface area contributed by atoms with Gasteiger partial charge in [-0.2, -0.15) is 0 Å². The highest BCUT2D eigenvalue weighted by molar-refractivity contribution is 7.17. The maximum atomic E-state index is 12.1. The summed E-state index contributed by atoms with van der Waals surface area (Å²) in [4.78, 5) is 31.3. The Morgan fingerprint density at radius 1 is 1.36 bits per heavy atom. The van der Waals surface area contributed by atoms with E-state index < -0.39 is 0 Å². The number of hydrogen-bond donors (Lipinski definition) is 1. The average molecular weight is 374 g/mol. The molecular weight excluding hydrogens is 358 g/mol. The van der Waals surface area contributed by atoms with E-state index in [1.165, 1.54) is 16.9 Å². The average Bonchev–Trinajstić information content (AvgIpc) is 2.85. The molecule has 3 heterocycles. The van der Waals surface area contributed by atoms with Gasteiger partial charge in [0.25, 0.3) is 0 Å². The molecule has 1 N–H and O–H groups in total. The number of nitrogens with zero attached hydrogens (tertiary/aromatic N) is 2. The van der Waals surface area contributed by atoms with E-state index >= 15 is 0 Å². The third-order valence-electron chi connectivity index (χ3n) is 4.50. The van der Waals surface area contributed by atoms with E-state index in [0.29, 0.717) is 18.1 Å². The van der Waals surface area contributed by atoms with Crippen LogP contribution in [0.2, 0.25) is 5.02 Å². The summed E-state index contributed by atoms with van der Waals surface area (Å²) in [6, 6.07) is 7.55. The van der Waals surface area contributed by atoms with Crippen molar-refractivity contribution in [2.24, 2.45) is 4.99 Å². The highest BCUT2D eigenvalue weighted by Gasteiger charge is 2.30. The van der Waals surface area contributed by atoms with Crippen LogP contribution < -0.4 is 5.32 Å². The molecule has 128 valence electrons. The van der Waals surface area contributed by atoms with Crippen LogP contribution in [0.25, 0.3) is 0 Å². The van der Waals surface area contributed by atoms with Crippen molar-refractivity contribution < 1.29 is 9.59 Å². The van der Waals surface area contributed by atoms with Crippen molar-refractivity contribution in [3.63, 3.8) is 0 Å². The summed E-state index contributed by atoms with van der Waals surface area (Å²) in [5.74, 6) is -0.0661. The minimum atomic E-state index is -0.134. The molecule has 0 fully saturated rings. The van der Waals surface area contributed by atoms with Gasteiger partial charge in [-0.15, -0.1) is 11.3 Å². The minimum absolute atomic E-state index is 0.0678. The normalized spacial score (nSPS) is 16.5. The first-order chi connectivity index (χ1) is 12.0. The van der Waals surface area contributed by atoms with Crippen molar-refractivity contribution in [3.05, 3.63) is 50.9 Å². The second-order valence-corrected chi connectivity index (χ2v) is 7.60. The summed E-state index contributed by atoms with van der Waals surface area (Å²) in [6.45, 7) is 2.92. The molecule has 5 nitrogen and oxygen atoms in total. The Hall–Kier alpha value is -2.18. The SMILES string of the molecule is CC(=O)N1CCc2c(sc3c2C(c2ccccc2Cl)=NCC(=O)N3)C1. The van der Waals surface area contributed by atoms with Crippen molar-refractivity contribution in [1.29, 1.82) is 0 Å². The van der Waals surface area contributed by atoms with Crippen LogP contribution in [-0.2, 0) is 22.6 Å². The van der Waals surface area contributed by atoms with Crippen LogP contribution in [-0.4, -0.2) is 35.5 Å². The number of halogens is 1. The van der Waals surface area contributed by atoms with Gasteiger partial charge in [-0.1, -0.05) is 29.8 Å². The zero-order chi connectivity index (χ0) is 17.6. The first kappa shape index (κ1) is 16.3. The molecule has 4 rings (SSSR count). The van der Waals surface area contributed by atoms with Crippen molar-refractivity contribution in [2.75, 3.05) is 18.4 Å². The summed E-state index contributed by atoms with van der Waals surface area (Å²) in [5, 5.41) is 4.38. The molecule has 1 aromatic carbocycles. The monoisotopic (exact) mass is 373 g/mol. The third kappa shape index (κ3) is 2.85. The van der Waals surface area contributed by atoms with Crippen LogP contribution in [0.3, 0.4) is 0 Å². The maximum absolute atomic E-state index is 12.1. The van der Waals surface area contributed by atoms with E-state index in [1.54, 1.807) is 6.92 Å².